The number of amides is 2. The first kappa shape index (κ1) is 20.0. The average Bonchev–Trinajstić information content (AvgIpc) is 3.18. The number of aromatic nitrogens is 1. The molecule has 2 aromatic carbocycles. The average molecular weight is 424 g/mol. The van der Waals surface area contributed by atoms with Crippen molar-refractivity contribution in [1.82, 2.24) is 14.8 Å². The van der Waals surface area contributed by atoms with E-state index >= 15 is 0 Å². The maximum atomic E-state index is 13.3. The molecule has 1 atom stereocenters. The number of nitrogens with one attached hydrogen (secondary N) is 1. The summed E-state index contributed by atoms with van der Waals surface area (Å²) in [6.45, 7) is 2.16. The highest BCUT2D eigenvalue weighted by molar-refractivity contribution is 6.31. The van der Waals surface area contributed by atoms with Gasteiger partial charge in [-0.15, -0.1) is 0 Å². The van der Waals surface area contributed by atoms with Gasteiger partial charge in [-0.25, -0.2) is 4.79 Å². The Morgan fingerprint density at radius 1 is 1.10 bits per heavy atom. The SMILES string of the molecule is CCOC(=O)CNC(=O)N1Cc2ccccc2-n2cccc2C1c1ccccc1Cl. The van der Waals surface area contributed by atoms with Gasteiger partial charge in [0.2, 0.25) is 0 Å². The summed E-state index contributed by atoms with van der Waals surface area (Å²) in [5, 5.41) is 3.27. The lowest BCUT2D eigenvalue weighted by molar-refractivity contribution is -0.141. The van der Waals surface area contributed by atoms with E-state index in [1.165, 1.54) is 0 Å². The summed E-state index contributed by atoms with van der Waals surface area (Å²) in [6.07, 6.45) is 1.98. The van der Waals surface area contributed by atoms with Crippen molar-refractivity contribution < 1.29 is 14.3 Å². The molecule has 154 valence electrons. The van der Waals surface area contributed by atoms with Gasteiger partial charge in [0.1, 0.15) is 12.6 Å². The van der Waals surface area contributed by atoms with Crippen molar-refractivity contribution in [3.8, 4) is 5.69 Å². The fourth-order valence-electron chi connectivity index (χ4n) is 3.82. The molecular weight excluding hydrogens is 402 g/mol. The minimum Gasteiger partial charge on any atom is -0.465 e. The van der Waals surface area contributed by atoms with E-state index in [1.807, 2.05) is 66.9 Å². The van der Waals surface area contributed by atoms with Crippen LogP contribution < -0.4 is 5.32 Å². The number of fused-ring (bicyclic) bond motifs is 3. The van der Waals surface area contributed by atoms with E-state index in [0.717, 1.165) is 22.5 Å². The molecule has 2 heterocycles. The minimum absolute atomic E-state index is 0.193. The van der Waals surface area contributed by atoms with Crippen LogP contribution in [0.5, 0.6) is 0 Å². The molecule has 0 spiro atoms. The Balaban J connectivity index is 1.79. The van der Waals surface area contributed by atoms with Gasteiger partial charge in [-0.1, -0.05) is 48.0 Å². The second kappa shape index (κ2) is 8.63. The van der Waals surface area contributed by atoms with Crippen LogP contribution in [0.1, 0.15) is 29.8 Å². The first-order valence-corrected chi connectivity index (χ1v) is 10.2. The normalized spacial score (nSPS) is 15.0. The maximum absolute atomic E-state index is 13.3. The van der Waals surface area contributed by atoms with Gasteiger partial charge >= 0.3 is 12.0 Å². The minimum atomic E-state index is -0.473. The van der Waals surface area contributed by atoms with Crippen LogP contribution >= 0.6 is 11.6 Å². The Morgan fingerprint density at radius 2 is 1.87 bits per heavy atom. The van der Waals surface area contributed by atoms with E-state index in [9.17, 15) is 9.59 Å². The summed E-state index contributed by atoms with van der Waals surface area (Å²) in [4.78, 5) is 26.7. The molecule has 1 unspecified atom stereocenters. The van der Waals surface area contributed by atoms with Gasteiger partial charge < -0.3 is 19.5 Å². The van der Waals surface area contributed by atoms with Crippen LogP contribution in [0.15, 0.2) is 66.9 Å². The lowest BCUT2D eigenvalue weighted by atomic mass is 10.0. The van der Waals surface area contributed by atoms with Gasteiger partial charge in [0, 0.05) is 11.2 Å². The zero-order chi connectivity index (χ0) is 21.1. The number of rotatable bonds is 4. The number of carbonyl (C=O) groups excluding carboxylic acids is 2. The van der Waals surface area contributed by atoms with Gasteiger partial charge in [-0.05, 0) is 42.3 Å². The van der Waals surface area contributed by atoms with Crippen molar-refractivity contribution in [1.29, 1.82) is 0 Å². The second-order valence-corrected chi connectivity index (χ2v) is 7.35. The Morgan fingerprint density at radius 3 is 2.67 bits per heavy atom. The highest BCUT2D eigenvalue weighted by Gasteiger charge is 2.34. The van der Waals surface area contributed by atoms with E-state index in [2.05, 4.69) is 9.88 Å². The summed E-state index contributed by atoms with van der Waals surface area (Å²) in [7, 11) is 0. The van der Waals surface area contributed by atoms with Gasteiger partial charge in [-0.3, -0.25) is 4.79 Å². The van der Waals surface area contributed by atoms with Crippen molar-refractivity contribution in [2.45, 2.75) is 19.5 Å². The van der Waals surface area contributed by atoms with Gasteiger partial charge in [0.05, 0.1) is 24.5 Å². The van der Waals surface area contributed by atoms with E-state index in [4.69, 9.17) is 16.3 Å². The highest BCUT2D eigenvalue weighted by atomic mass is 35.5. The number of esters is 1. The zero-order valence-electron chi connectivity index (χ0n) is 16.5. The molecule has 6 nitrogen and oxygen atoms in total. The molecule has 0 radical (unpaired) electrons. The molecule has 30 heavy (non-hydrogen) atoms. The Kier molecular flexibility index (Phi) is 5.77. The second-order valence-electron chi connectivity index (χ2n) is 6.95. The summed E-state index contributed by atoms with van der Waals surface area (Å²) in [6, 6.07) is 18.6. The molecule has 0 saturated carbocycles. The quantitative estimate of drug-likeness (QED) is 0.636. The van der Waals surface area contributed by atoms with Crippen LogP contribution in [0, 0.1) is 0 Å². The maximum Gasteiger partial charge on any atom is 0.325 e. The molecular formula is C23H22ClN3O3. The van der Waals surface area contributed by atoms with Crippen molar-refractivity contribution >= 4 is 23.6 Å². The van der Waals surface area contributed by atoms with Crippen LogP contribution in [0.4, 0.5) is 4.79 Å². The molecule has 1 N–H and O–H groups in total. The van der Waals surface area contributed by atoms with Crippen molar-refractivity contribution in [2.75, 3.05) is 13.2 Å². The van der Waals surface area contributed by atoms with Crippen LogP contribution in [-0.4, -0.2) is 34.6 Å². The van der Waals surface area contributed by atoms with Crippen molar-refractivity contribution in [2.24, 2.45) is 0 Å². The van der Waals surface area contributed by atoms with Crippen molar-refractivity contribution in [3.63, 3.8) is 0 Å². The van der Waals surface area contributed by atoms with E-state index < -0.39 is 12.0 Å². The number of hydrogen-bond acceptors (Lipinski definition) is 3. The Labute approximate surface area is 180 Å². The third-order valence-corrected chi connectivity index (χ3v) is 5.46. The molecule has 0 fully saturated rings. The van der Waals surface area contributed by atoms with Gasteiger partial charge in [0.15, 0.2) is 0 Å². The predicted molar refractivity (Wildman–Crippen MR) is 115 cm³/mol. The molecule has 3 aromatic rings. The summed E-state index contributed by atoms with van der Waals surface area (Å²) >= 11 is 6.55. The number of ether oxygens (including phenoxy) is 1. The van der Waals surface area contributed by atoms with E-state index in [-0.39, 0.29) is 19.2 Å². The third kappa shape index (κ3) is 3.78. The topological polar surface area (TPSA) is 63.6 Å². The van der Waals surface area contributed by atoms with Crippen LogP contribution in [0.25, 0.3) is 5.69 Å². The first-order valence-electron chi connectivity index (χ1n) is 9.80. The lowest BCUT2D eigenvalue weighted by Gasteiger charge is -2.31. The zero-order valence-corrected chi connectivity index (χ0v) is 17.3. The molecule has 1 aliphatic rings. The van der Waals surface area contributed by atoms with E-state index in [0.29, 0.717) is 11.6 Å². The third-order valence-electron chi connectivity index (χ3n) is 5.11. The summed E-state index contributed by atoms with van der Waals surface area (Å²) in [5.74, 6) is -0.473. The predicted octanol–water partition coefficient (Wildman–Crippen LogP) is 4.31. The number of carbonyl (C=O) groups is 2. The number of para-hydroxylation sites is 1. The number of benzene rings is 2. The van der Waals surface area contributed by atoms with Crippen LogP contribution in [0.3, 0.4) is 0 Å². The van der Waals surface area contributed by atoms with E-state index in [1.54, 1.807) is 11.8 Å². The standard InChI is InChI=1S/C23H22ClN3O3/c1-2-30-21(28)14-25-23(29)27-15-16-8-3-6-11-19(16)26-13-7-12-20(26)22(27)17-9-4-5-10-18(17)24/h3-13,22H,2,14-15H2,1H3,(H,25,29). The molecule has 1 aliphatic heterocycles. The Bertz CT molecular complexity index is 1080. The molecule has 7 heteroatoms. The lowest BCUT2D eigenvalue weighted by Crippen LogP contribution is -2.44. The number of hydrogen-bond donors (Lipinski definition) is 1. The van der Waals surface area contributed by atoms with Gasteiger partial charge in [0.25, 0.3) is 0 Å². The summed E-state index contributed by atoms with van der Waals surface area (Å²) < 4.78 is 7.02. The molecule has 4 rings (SSSR count). The molecule has 0 saturated heterocycles. The first-order chi connectivity index (χ1) is 14.6. The summed E-state index contributed by atoms with van der Waals surface area (Å²) in [5.41, 5.74) is 3.74. The number of urea groups is 1. The van der Waals surface area contributed by atoms with Crippen molar-refractivity contribution in [3.05, 3.63) is 88.7 Å². The largest absolute Gasteiger partial charge is 0.465 e. The molecule has 1 aromatic heterocycles. The van der Waals surface area contributed by atoms with Crippen LogP contribution in [-0.2, 0) is 16.1 Å². The highest BCUT2D eigenvalue weighted by Crippen LogP contribution is 2.38. The number of halogens is 1. The molecule has 2 amide bonds. The molecule has 0 bridgehead atoms. The fraction of sp³-hybridized carbons (Fsp3) is 0.217. The fourth-order valence-corrected chi connectivity index (χ4v) is 4.06. The molecule has 0 aliphatic carbocycles. The van der Waals surface area contributed by atoms with Crippen LogP contribution in [0.2, 0.25) is 5.02 Å². The van der Waals surface area contributed by atoms with Gasteiger partial charge in [-0.2, -0.15) is 0 Å². The Hall–Kier alpha value is -3.25. The number of nitrogens with zero attached hydrogens (tertiary/aromatic N) is 2. The monoisotopic (exact) mass is 423 g/mol. The smallest absolute Gasteiger partial charge is 0.325 e.